The van der Waals surface area contributed by atoms with Crippen LogP contribution in [0.15, 0.2) is 0 Å². The van der Waals surface area contributed by atoms with Crippen LogP contribution in [0.5, 0.6) is 0 Å². The largest absolute Gasteiger partial charge is 0.396 e. The highest BCUT2D eigenvalue weighted by molar-refractivity contribution is 4.66. The number of rotatable bonds is 6. The number of hydrogen-bond acceptors (Lipinski definition) is 2. The summed E-state index contributed by atoms with van der Waals surface area (Å²) in [6.45, 7) is 7.16. The quantitative estimate of drug-likeness (QED) is 0.642. The fourth-order valence-corrected chi connectivity index (χ4v) is 1.31. The van der Waals surface area contributed by atoms with Crippen LogP contribution in [0.2, 0.25) is 0 Å². The van der Waals surface area contributed by atoms with Gasteiger partial charge >= 0.3 is 0 Å². The molecule has 0 aromatic rings. The van der Waals surface area contributed by atoms with Crippen molar-refractivity contribution in [3.63, 3.8) is 0 Å². The molecule has 0 saturated carbocycles. The Bertz CT molecular complexity index is 79.6. The Morgan fingerprint density at radius 3 is 2.09 bits per heavy atom. The maximum absolute atomic E-state index is 8.97. The molecule has 0 aliphatic rings. The fraction of sp³-hybridized carbons (Fsp3) is 1.00. The van der Waals surface area contributed by atoms with Gasteiger partial charge < -0.3 is 9.84 Å². The van der Waals surface area contributed by atoms with Crippen LogP contribution >= 0.6 is 0 Å². The van der Waals surface area contributed by atoms with Crippen LogP contribution < -0.4 is 0 Å². The van der Waals surface area contributed by atoms with Crippen molar-refractivity contribution in [2.75, 3.05) is 13.2 Å². The topological polar surface area (TPSA) is 29.5 Å². The first-order chi connectivity index (χ1) is 5.29. The van der Waals surface area contributed by atoms with Gasteiger partial charge in [0.25, 0.3) is 0 Å². The molecular weight excluding hydrogens is 140 g/mol. The summed E-state index contributed by atoms with van der Waals surface area (Å²) in [5.41, 5.74) is 0. The van der Waals surface area contributed by atoms with Gasteiger partial charge in [0.1, 0.15) is 0 Å². The van der Waals surface area contributed by atoms with Crippen LogP contribution in [0.25, 0.3) is 0 Å². The molecule has 0 heterocycles. The van der Waals surface area contributed by atoms with E-state index in [4.69, 9.17) is 9.84 Å². The molecule has 0 aromatic heterocycles. The molecule has 0 spiro atoms. The molecule has 0 aliphatic carbocycles. The maximum atomic E-state index is 8.97. The standard InChI is InChI=1S/C9H20O2/c1-4-8(7-10)9(5-2)11-6-3/h8-10H,4-7H2,1-3H3. The van der Waals surface area contributed by atoms with Gasteiger partial charge in [-0.05, 0) is 19.8 Å². The first-order valence-corrected chi connectivity index (χ1v) is 4.52. The molecular formula is C9H20O2. The highest BCUT2D eigenvalue weighted by Crippen LogP contribution is 2.14. The van der Waals surface area contributed by atoms with E-state index in [1.54, 1.807) is 0 Å². The fourth-order valence-electron chi connectivity index (χ4n) is 1.31. The lowest BCUT2D eigenvalue weighted by Gasteiger charge is -2.22. The first kappa shape index (κ1) is 10.9. The van der Waals surface area contributed by atoms with E-state index < -0.39 is 0 Å². The van der Waals surface area contributed by atoms with Crippen molar-refractivity contribution in [3.8, 4) is 0 Å². The van der Waals surface area contributed by atoms with E-state index in [1.807, 2.05) is 6.92 Å². The molecule has 0 radical (unpaired) electrons. The zero-order chi connectivity index (χ0) is 8.69. The average Bonchev–Trinajstić information content (AvgIpc) is 2.05. The second kappa shape index (κ2) is 6.62. The molecule has 0 rings (SSSR count). The van der Waals surface area contributed by atoms with E-state index >= 15 is 0 Å². The molecule has 2 atom stereocenters. The molecule has 11 heavy (non-hydrogen) atoms. The number of ether oxygens (including phenoxy) is 1. The van der Waals surface area contributed by atoms with Crippen molar-refractivity contribution in [1.82, 2.24) is 0 Å². The molecule has 2 unspecified atom stereocenters. The SMILES string of the molecule is CCOC(CC)C(CC)CO. The molecule has 0 fully saturated rings. The summed E-state index contributed by atoms with van der Waals surface area (Å²) in [6.07, 6.45) is 2.23. The van der Waals surface area contributed by atoms with Crippen LogP contribution in [-0.2, 0) is 4.74 Å². The zero-order valence-corrected chi connectivity index (χ0v) is 7.84. The van der Waals surface area contributed by atoms with E-state index in [1.165, 1.54) is 0 Å². The third kappa shape index (κ3) is 3.73. The summed E-state index contributed by atoms with van der Waals surface area (Å²) in [7, 11) is 0. The summed E-state index contributed by atoms with van der Waals surface area (Å²) in [5.74, 6) is 0.319. The normalized spacial score (nSPS) is 16.4. The molecule has 0 saturated heterocycles. The summed E-state index contributed by atoms with van der Waals surface area (Å²) >= 11 is 0. The summed E-state index contributed by atoms with van der Waals surface area (Å²) in [5, 5.41) is 8.97. The van der Waals surface area contributed by atoms with Crippen molar-refractivity contribution < 1.29 is 9.84 Å². The van der Waals surface area contributed by atoms with Gasteiger partial charge in [-0.1, -0.05) is 13.8 Å². The van der Waals surface area contributed by atoms with Gasteiger partial charge in [0.05, 0.1) is 6.10 Å². The third-order valence-electron chi connectivity index (χ3n) is 2.07. The van der Waals surface area contributed by atoms with E-state index in [0.717, 1.165) is 19.4 Å². The van der Waals surface area contributed by atoms with Crippen molar-refractivity contribution in [2.45, 2.75) is 39.7 Å². The Balaban J connectivity index is 3.76. The lowest BCUT2D eigenvalue weighted by atomic mass is 9.98. The second-order valence-corrected chi connectivity index (χ2v) is 2.75. The zero-order valence-electron chi connectivity index (χ0n) is 7.84. The van der Waals surface area contributed by atoms with Crippen molar-refractivity contribution in [2.24, 2.45) is 5.92 Å². The van der Waals surface area contributed by atoms with E-state index in [9.17, 15) is 0 Å². The van der Waals surface area contributed by atoms with Crippen molar-refractivity contribution in [3.05, 3.63) is 0 Å². The Labute approximate surface area is 69.6 Å². The van der Waals surface area contributed by atoms with Gasteiger partial charge in [0.2, 0.25) is 0 Å². The third-order valence-corrected chi connectivity index (χ3v) is 2.07. The monoisotopic (exact) mass is 160 g/mol. The highest BCUT2D eigenvalue weighted by Gasteiger charge is 2.16. The van der Waals surface area contributed by atoms with Crippen LogP contribution in [0.3, 0.4) is 0 Å². The summed E-state index contributed by atoms with van der Waals surface area (Å²) < 4.78 is 5.48. The molecule has 2 nitrogen and oxygen atoms in total. The smallest absolute Gasteiger partial charge is 0.0622 e. The molecule has 0 amide bonds. The molecule has 0 bridgehead atoms. The first-order valence-electron chi connectivity index (χ1n) is 4.52. The molecule has 0 aromatic carbocycles. The number of aliphatic hydroxyl groups excluding tert-OH is 1. The predicted octanol–water partition coefficient (Wildman–Crippen LogP) is 1.82. The molecule has 68 valence electrons. The average molecular weight is 160 g/mol. The summed E-state index contributed by atoms with van der Waals surface area (Å²) in [4.78, 5) is 0. The highest BCUT2D eigenvalue weighted by atomic mass is 16.5. The Hall–Kier alpha value is -0.0800. The Morgan fingerprint density at radius 1 is 1.18 bits per heavy atom. The number of aliphatic hydroxyl groups is 1. The second-order valence-electron chi connectivity index (χ2n) is 2.75. The van der Waals surface area contributed by atoms with Crippen LogP contribution in [0, 0.1) is 5.92 Å². The van der Waals surface area contributed by atoms with Gasteiger partial charge in [-0.25, -0.2) is 0 Å². The van der Waals surface area contributed by atoms with Gasteiger partial charge in [-0.3, -0.25) is 0 Å². The molecule has 0 aliphatic heterocycles. The Morgan fingerprint density at radius 2 is 1.82 bits per heavy atom. The van der Waals surface area contributed by atoms with Gasteiger partial charge in [-0.15, -0.1) is 0 Å². The summed E-state index contributed by atoms with van der Waals surface area (Å²) in [6, 6.07) is 0. The lowest BCUT2D eigenvalue weighted by Crippen LogP contribution is -2.25. The number of hydrogen-bond donors (Lipinski definition) is 1. The minimum Gasteiger partial charge on any atom is -0.396 e. The van der Waals surface area contributed by atoms with Crippen molar-refractivity contribution >= 4 is 0 Å². The minimum absolute atomic E-state index is 0.245. The molecule has 1 N–H and O–H groups in total. The van der Waals surface area contributed by atoms with Crippen molar-refractivity contribution in [1.29, 1.82) is 0 Å². The van der Waals surface area contributed by atoms with Crippen LogP contribution in [0.1, 0.15) is 33.6 Å². The molecule has 2 heteroatoms. The van der Waals surface area contributed by atoms with E-state index in [-0.39, 0.29) is 12.7 Å². The van der Waals surface area contributed by atoms with Crippen LogP contribution in [0.4, 0.5) is 0 Å². The van der Waals surface area contributed by atoms with E-state index in [0.29, 0.717) is 5.92 Å². The van der Waals surface area contributed by atoms with Gasteiger partial charge in [0, 0.05) is 19.1 Å². The minimum atomic E-state index is 0.245. The Kier molecular flexibility index (Phi) is 6.57. The van der Waals surface area contributed by atoms with Gasteiger partial charge in [0.15, 0.2) is 0 Å². The lowest BCUT2D eigenvalue weighted by molar-refractivity contribution is -0.00341. The van der Waals surface area contributed by atoms with Gasteiger partial charge in [-0.2, -0.15) is 0 Å². The van der Waals surface area contributed by atoms with Crippen LogP contribution in [-0.4, -0.2) is 24.4 Å². The maximum Gasteiger partial charge on any atom is 0.0622 e. The predicted molar refractivity (Wildman–Crippen MR) is 46.6 cm³/mol. The van der Waals surface area contributed by atoms with E-state index in [2.05, 4.69) is 13.8 Å².